The van der Waals surface area contributed by atoms with Gasteiger partial charge in [-0.1, -0.05) is 0 Å². The summed E-state index contributed by atoms with van der Waals surface area (Å²) in [5.74, 6) is -1.33. The van der Waals surface area contributed by atoms with E-state index >= 15 is 0 Å². The van der Waals surface area contributed by atoms with Crippen LogP contribution >= 0.6 is 0 Å². The molecule has 0 amide bonds. The fourth-order valence-electron chi connectivity index (χ4n) is 0.669. The summed E-state index contributed by atoms with van der Waals surface area (Å²) in [7, 11) is 0. The third-order valence-corrected chi connectivity index (χ3v) is 1.19. The van der Waals surface area contributed by atoms with E-state index < -0.39 is 23.4 Å². The second-order valence-electron chi connectivity index (χ2n) is 2.03. The number of aromatic nitrogens is 2. The molecule has 0 aliphatic carbocycles. The average molecular weight is 210 g/mol. The van der Waals surface area contributed by atoms with Gasteiger partial charge < -0.3 is 4.98 Å². The molecule has 0 radical (unpaired) electrons. The van der Waals surface area contributed by atoms with Gasteiger partial charge in [0.05, 0.1) is 0 Å². The number of rotatable bonds is 0. The molecule has 0 unspecified atom stereocenters. The van der Waals surface area contributed by atoms with Crippen molar-refractivity contribution in [1.29, 1.82) is 10.5 Å². The summed E-state index contributed by atoms with van der Waals surface area (Å²) in [4.78, 5) is 4.61. The van der Waals surface area contributed by atoms with Crippen molar-refractivity contribution in [1.82, 2.24) is 9.97 Å². The minimum atomic E-state index is -4.67. The summed E-state index contributed by atoms with van der Waals surface area (Å²) in [6.45, 7) is 0. The second kappa shape index (κ2) is 4.47. The van der Waals surface area contributed by atoms with Crippen LogP contribution in [0, 0.1) is 22.7 Å². The van der Waals surface area contributed by atoms with Crippen LogP contribution in [0.15, 0.2) is 0 Å². The molecule has 0 atom stereocenters. The summed E-state index contributed by atoms with van der Waals surface area (Å²) in [5, 5.41) is 16.6. The van der Waals surface area contributed by atoms with E-state index in [0.29, 0.717) is 0 Å². The predicted octanol–water partition coefficient (Wildman–Crippen LogP) is 0.523. The van der Waals surface area contributed by atoms with Crippen LogP contribution in [0.1, 0.15) is 17.2 Å². The summed E-state index contributed by atoms with van der Waals surface area (Å²) < 4.78 is 35.8. The first kappa shape index (κ1) is 13.0. The van der Waals surface area contributed by atoms with Crippen LogP contribution in [0.5, 0.6) is 0 Å². The third kappa shape index (κ3) is 2.48. The molecule has 0 aliphatic rings. The summed E-state index contributed by atoms with van der Waals surface area (Å²) in [6.07, 6.45) is -4.67. The summed E-state index contributed by atoms with van der Waals surface area (Å²) in [5.41, 5.74) is -1.02. The number of aromatic amines is 1. The molecule has 1 rings (SSSR count). The maximum absolute atomic E-state index is 11.9. The van der Waals surface area contributed by atoms with Crippen molar-refractivity contribution in [3.63, 3.8) is 0 Å². The normalized spacial score (nSPS) is 9.79. The Morgan fingerprint density at radius 2 is 1.79 bits per heavy atom. The van der Waals surface area contributed by atoms with Crippen LogP contribution in [-0.4, -0.2) is 39.5 Å². The average Bonchev–Trinajstić information content (AvgIpc) is 2.45. The van der Waals surface area contributed by atoms with Crippen molar-refractivity contribution in [3.8, 4) is 12.1 Å². The Morgan fingerprint density at radius 1 is 1.21 bits per heavy atom. The Hall–Kier alpha value is -1.02. The fourth-order valence-corrected chi connectivity index (χ4v) is 0.669. The maximum atomic E-state index is 11.9. The predicted molar refractivity (Wildman–Crippen MR) is 40.2 cm³/mol. The number of imidazole rings is 1. The van der Waals surface area contributed by atoms with Crippen LogP contribution in [0.4, 0.5) is 13.2 Å². The third-order valence-electron chi connectivity index (χ3n) is 1.19. The Kier molecular flexibility index (Phi) is 4.14. The number of nitrogens with zero attached hydrogens (tertiary/aromatic N) is 3. The first-order valence-electron chi connectivity index (χ1n) is 2.96. The SMILES string of the molecule is N#Cc1nc(C(F)(F)F)[nH]c1C#N.[NaH]. The molecule has 0 saturated heterocycles. The number of hydrogen-bond donors (Lipinski definition) is 1. The van der Waals surface area contributed by atoms with E-state index in [2.05, 4.69) is 4.98 Å². The van der Waals surface area contributed by atoms with Gasteiger partial charge in [0.25, 0.3) is 0 Å². The second-order valence-corrected chi connectivity index (χ2v) is 2.03. The molecule has 1 aromatic heterocycles. The molecule has 4 nitrogen and oxygen atoms in total. The van der Waals surface area contributed by atoms with Gasteiger partial charge in [-0.25, -0.2) is 4.98 Å². The Morgan fingerprint density at radius 3 is 2.07 bits per heavy atom. The van der Waals surface area contributed by atoms with Crippen molar-refractivity contribution in [2.75, 3.05) is 0 Å². The van der Waals surface area contributed by atoms with Crippen molar-refractivity contribution in [2.24, 2.45) is 0 Å². The van der Waals surface area contributed by atoms with Crippen LogP contribution in [0.3, 0.4) is 0 Å². The van der Waals surface area contributed by atoms with E-state index in [4.69, 9.17) is 10.5 Å². The van der Waals surface area contributed by atoms with Crippen LogP contribution in [0.25, 0.3) is 0 Å². The molecular formula is C6H2F3N4Na. The summed E-state index contributed by atoms with van der Waals surface area (Å²) in [6, 6.07) is 2.77. The first-order valence-corrected chi connectivity index (χ1v) is 2.96. The molecule has 8 heteroatoms. The molecule has 14 heavy (non-hydrogen) atoms. The van der Waals surface area contributed by atoms with Gasteiger partial charge in [-0.05, 0) is 0 Å². The Balaban J connectivity index is 0.00000169. The zero-order chi connectivity index (χ0) is 10.1. The van der Waals surface area contributed by atoms with E-state index in [9.17, 15) is 13.2 Å². The van der Waals surface area contributed by atoms with Gasteiger partial charge in [-0.2, -0.15) is 23.7 Å². The van der Waals surface area contributed by atoms with Crippen molar-refractivity contribution >= 4 is 29.6 Å². The van der Waals surface area contributed by atoms with Crippen molar-refractivity contribution in [3.05, 3.63) is 17.2 Å². The quantitative estimate of drug-likeness (QED) is 0.634. The van der Waals surface area contributed by atoms with E-state index in [1.807, 2.05) is 0 Å². The minimum absolute atomic E-state index is 0. The molecule has 68 valence electrons. The Labute approximate surface area is 98.7 Å². The molecule has 1 N–H and O–H groups in total. The summed E-state index contributed by atoms with van der Waals surface area (Å²) >= 11 is 0. The van der Waals surface area contributed by atoms with Gasteiger partial charge in [-0.3, -0.25) is 0 Å². The van der Waals surface area contributed by atoms with Crippen LogP contribution in [-0.2, 0) is 6.18 Å². The van der Waals surface area contributed by atoms with Crippen LogP contribution < -0.4 is 0 Å². The van der Waals surface area contributed by atoms with Gasteiger partial charge in [-0.15, -0.1) is 0 Å². The molecule has 0 bridgehead atoms. The van der Waals surface area contributed by atoms with Gasteiger partial charge in [0.15, 0.2) is 11.4 Å². The van der Waals surface area contributed by atoms with E-state index in [1.165, 1.54) is 12.1 Å². The number of alkyl halides is 3. The van der Waals surface area contributed by atoms with Gasteiger partial charge >= 0.3 is 35.7 Å². The Bertz CT molecular complexity index is 377. The number of halogens is 3. The number of nitrogens with one attached hydrogen (secondary N) is 1. The number of hydrogen-bond acceptors (Lipinski definition) is 3. The topological polar surface area (TPSA) is 76.3 Å². The molecule has 0 saturated carbocycles. The molecule has 0 aliphatic heterocycles. The fraction of sp³-hybridized carbons (Fsp3) is 0.167. The van der Waals surface area contributed by atoms with Gasteiger partial charge in [0, 0.05) is 0 Å². The molecule has 0 spiro atoms. The van der Waals surface area contributed by atoms with Crippen molar-refractivity contribution in [2.45, 2.75) is 6.18 Å². The van der Waals surface area contributed by atoms with E-state index in [-0.39, 0.29) is 29.6 Å². The zero-order valence-electron chi connectivity index (χ0n) is 5.98. The number of nitriles is 2. The van der Waals surface area contributed by atoms with E-state index in [1.54, 1.807) is 4.98 Å². The standard InChI is InChI=1S/C6HF3N4.Na.H/c7-6(8,9)5-12-3(1-10)4(2-11)13-5;;/h(H,12,13);;. The van der Waals surface area contributed by atoms with Gasteiger partial charge in [0.1, 0.15) is 12.1 Å². The van der Waals surface area contributed by atoms with Crippen molar-refractivity contribution < 1.29 is 13.2 Å². The molecule has 1 heterocycles. The zero-order valence-corrected chi connectivity index (χ0v) is 5.98. The molecular weight excluding hydrogens is 208 g/mol. The van der Waals surface area contributed by atoms with E-state index in [0.717, 1.165) is 0 Å². The first-order chi connectivity index (χ1) is 5.99. The van der Waals surface area contributed by atoms with Crippen LogP contribution in [0.2, 0.25) is 0 Å². The van der Waals surface area contributed by atoms with Gasteiger partial charge in [0.2, 0.25) is 5.82 Å². The molecule has 1 aromatic rings. The molecule has 0 aromatic carbocycles. The molecule has 0 fully saturated rings. The monoisotopic (exact) mass is 210 g/mol. The number of H-pyrrole nitrogens is 1.